The van der Waals surface area contributed by atoms with Gasteiger partial charge >= 0.3 is 6.03 Å². The van der Waals surface area contributed by atoms with Gasteiger partial charge in [0.15, 0.2) is 0 Å². The topological polar surface area (TPSA) is 46.3 Å². The lowest BCUT2D eigenvalue weighted by Crippen LogP contribution is -2.38. The molecule has 62 valence electrons. The van der Waals surface area contributed by atoms with Crippen molar-refractivity contribution in [3.8, 4) is 0 Å². The minimum Gasteiger partial charge on any atom is -0.351 e. The Morgan fingerprint density at radius 2 is 2.09 bits per heavy atom. The molecule has 0 radical (unpaired) electrons. The third-order valence-corrected chi connectivity index (χ3v) is 3.16. The predicted molar refractivity (Wildman–Crippen MR) is 42.1 cm³/mol. The van der Waals surface area contributed by atoms with E-state index in [0.29, 0.717) is 5.41 Å². The van der Waals surface area contributed by atoms with Gasteiger partial charge in [-0.1, -0.05) is 6.42 Å². The molecule has 1 spiro atoms. The molecular formula is C8H14N2O. The minimum atomic E-state index is -0.242. The molecule has 2 N–H and O–H groups in total. The molecule has 2 rings (SSSR count). The number of likely N-dealkylation sites (tertiary alicyclic amines) is 1. The molecule has 0 aromatic carbocycles. The van der Waals surface area contributed by atoms with Crippen molar-refractivity contribution in [2.45, 2.75) is 25.7 Å². The first kappa shape index (κ1) is 6.95. The maximum Gasteiger partial charge on any atom is 0.314 e. The molecule has 0 atom stereocenters. The Kier molecular flexibility index (Phi) is 1.34. The van der Waals surface area contributed by atoms with Gasteiger partial charge in [0.1, 0.15) is 0 Å². The Balaban J connectivity index is 1.98. The Morgan fingerprint density at radius 1 is 1.36 bits per heavy atom. The number of amides is 2. The first-order valence-electron chi connectivity index (χ1n) is 4.26. The van der Waals surface area contributed by atoms with E-state index in [1.807, 2.05) is 0 Å². The fourth-order valence-electron chi connectivity index (χ4n) is 2.21. The molecule has 1 saturated carbocycles. The van der Waals surface area contributed by atoms with Crippen molar-refractivity contribution in [1.29, 1.82) is 0 Å². The summed E-state index contributed by atoms with van der Waals surface area (Å²) >= 11 is 0. The molecule has 2 fully saturated rings. The Morgan fingerprint density at radius 3 is 2.36 bits per heavy atom. The van der Waals surface area contributed by atoms with Gasteiger partial charge in [0.05, 0.1) is 0 Å². The van der Waals surface area contributed by atoms with Crippen LogP contribution < -0.4 is 5.73 Å². The largest absolute Gasteiger partial charge is 0.351 e. The molecule has 3 heteroatoms. The second-order valence-electron chi connectivity index (χ2n) is 3.86. The van der Waals surface area contributed by atoms with E-state index in [2.05, 4.69) is 0 Å². The van der Waals surface area contributed by atoms with Gasteiger partial charge in [-0.25, -0.2) is 4.79 Å². The number of carbonyl (C=O) groups is 1. The summed E-state index contributed by atoms with van der Waals surface area (Å²) < 4.78 is 0. The molecule has 1 heterocycles. The number of urea groups is 1. The van der Waals surface area contributed by atoms with E-state index in [1.165, 1.54) is 25.7 Å². The number of rotatable bonds is 0. The van der Waals surface area contributed by atoms with Gasteiger partial charge in [-0.15, -0.1) is 0 Å². The maximum absolute atomic E-state index is 10.8. The van der Waals surface area contributed by atoms with Crippen LogP contribution in [0.15, 0.2) is 0 Å². The van der Waals surface area contributed by atoms with Crippen LogP contribution in [-0.4, -0.2) is 24.0 Å². The summed E-state index contributed by atoms with van der Waals surface area (Å²) in [6.07, 6.45) is 5.12. The number of carbonyl (C=O) groups excluding carboxylic acids is 1. The normalized spacial score (nSPS) is 27.1. The quantitative estimate of drug-likeness (QED) is 0.554. The molecule has 0 aromatic rings. The van der Waals surface area contributed by atoms with Crippen molar-refractivity contribution in [2.24, 2.45) is 11.1 Å². The lowest BCUT2D eigenvalue weighted by molar-refractivity contribution is 0.143. The van der Waals surface area contributed by atoms with E-state index >= 15 is 0 Å². The average Bonchev–Trinajstić information content (AvgIpc) is 2.28. The zero-order valence-electron chi connectivity index (χ0n) is 6.68. The van der Waals surface area contributed by atoms with Crippen LogP contribution in [0.4, 0.5) is 4.79 Å². The SMILES string of the molecule is NC(=O)N1CCC2(CCC2)C1. The third-order valence-electron chi connectivity index (χ3n) is 3.16. The van der Waals surface area contributed by atoms with Crippen LogP contribution in [0, 0.1) is 5.41 Å². The predicted octanol–water partition coefficient (Wildman–Crippen LogP) is 0.941. The summed E-state index contributed by atoms with van der Waals surface area (Å²) in [5.74, 6) is 0. The standard InChI is InChI=1S/C8H14N2O/c9-7(11)10-5-4-8(6-10)2-1-3-8/h1-6H2,(H2,9,11). The molecule has 11 heavy (non-hydrogen) atoms. The molecule has 0 unspecified atom stereocenters. The summed E-state index contributed by atoms with van der Waals surface area (Å²) in [6, 6.07) is -0.242. The molecule has 1 aliphatic carbocycles. The summed E-state index contributed by atoms with van der Waals surface area (Å²) in [7, 11) is 0. The van der Waals surface area contributed by atoms with Gasteiger partial charge in [-0.2, -0.15) is 0 Å². The molecule has 0 bridgehead atoms. The fraction of sp³-hybridized carbons (Fsp3) is 0.875. The molecular weight excluding hydrogens is 140 g/mol. The maximum atomic E-state index is 10.8. The van der Waals surface area contributed by atoms with Crippen molar-refractivity contribution in [2.75, 3.05) is 13.1 Å². The number of nitrogens with two attached hydrogens (primary N) is 1. The van der Waals surface area contributed by atoms with Crippen molar-refractivity contribution < 1.29 is 4.79 Å². The van der Waals surface area contributed by atoms with Gasteiger partial charge < -0.3 is 10.6 Å². The Labute approximate surface area is 66.5 Å². The molecule has 0 aromatic heterocycles. The molecule has 2 amide bonds. The summed E-state index contributed by atoms with van der Waals surface area (Å²) in [5.41, 5.74) is 5.68. The van der Waals surface area contributed by atoms with E-state index in [9.17, 15) is 4.79 Å². The first-order valence-corrected chi connectivity index (χ1v) is 4.26. The number of primary amides is 1. The minimum absolute atomic E-state index is 0.242. The highest BCUT2D eigenvalue weighted by atomic mass is 16.2. The first-order chi connectivity index (χ1) is 5.22. The van der Waals surface area contributed by atoms with Crippen molar-refractivity contribution >= 4 is 6.03 Å². The third kappa shape index (κ3) is 0.988. The van der Waals surface area contributed by atoms with E-state index < -0.39 is 0 Å². The van der Waals surface area contributed by atoms with E-state index in [-0.39, 0.29) is 6.03 Å². The van der Waals surface area contributed by atoms with Crippen LogP contribution in [0.5, 0.6) is 0 Å². The number of nitrogens with zero attached hydrogens (tertiary/aromatic N) is 1. The van der Waals surface area contributed by atoms with Crippen LogP contribution in [0.2, 0.25) is 0 Å². The van der Waals surface area contributed by atoms with Crippen molar-refractivity contribution in [1.82, 2.24) is 4.90 Å². The van der Waals surface area contributed by atoms with Crippen LogP contribution in [0.25, 0.3) is 0 Å². The molecule has 3 nitrogen and oxygen atoms in total. The average molecular weight is 154 g/mol. The van der Waals surface area contributed by atoms with Crippen LogP contribution in [0.3, 0.4) is 0 Å². The number of hydrogen-bond acceptors (Lipinski definition) is 1. The van der Waals surface area contributed by atoms with Crippen LogP contribution in [0.1, 0.15) is 25.7 Å². The highest BCUT2D eigenvalue weighted by Gasteiger charge is 2.43. The van der Waals surface area contributed by atoms with Crippen LogP contribution in [-0.2, 0) is 0 Å². The lowest BCUT2D eigenvalue weighted by Gasteiger charge is -2.37. The summed E-state index contributed by atoms with van der Waals surface area (Å²) in [5, 5.41) is 0. The van der Waals surface area contributed by atoms with Crippen molar-refractivity contribution in [3.05, 3.63) is 0 Å². The molecule has 2 aliphatic rings. The monoisotopic (exact) mass is 154 g/mol. The van der Waals surface area contributed by atoms with Gasteiger partial charge in [0, 0.05) is 13.1 Å². The highest BCUT2D eigenvalue weighted by molar-refractivity contribution is 5.72. The zero-order valence-corrected chi connectivity index (χ0v) is 6.68. The molecule has 1 aliphatic heterocycles. The van der Waals surface area contributed by atoms with Gasteiger partial charge in [-0.05, 0) is 24.7 Å². The summed E-state index contributed by atoms with van der Waals surface area (Å²) in [4.78, 5) is 12.6. The highest BCUT2D eigenvalue weighted by Crippen LogP contribution is 2.47. The Bertz CT molecular complexity index is 187. The second-order valence-corrected chi connectivity index (χ2v) is 3.86. The van der Waals surface area contributed by atoms with Crippen LogP contribution >= 0.6 is 0 Å². The van der Waals surface area contributed by atoms with Gasteiger partial charge in [-0.3, -0.25) is 0 Å². The van der Waals surface area contributed by atoms with Gasteiger partial charge in [0.2, 0.25) is 0 Å². The molecule has 1 saturated heterocycles. The van der Waals surface area contributed by atoms with E-state index in [1.54, 1.807) is 4.90 Å². The van der Waals surface area contributed by atoms with E-state index in [4.69, 9.17) is 5.73 Å². The van der Waals surface area contributed by atoms with Gasteiger partial charge in [0.25, 0.3) is 0 Å². The van der Waals surface area contributed by atoms with Crippen molar-refractivity contribution in [3.63, 3.8) is 0 Å². The second kappa shape index (κ2) is 2.13. The zero-order chi connectivity index (χ0) is 7.90. The lowest BCUT2D eigenvalue weighted by atomic mass is 9.68. The van der Waals surface area contributed by atoms with E-state index in [0.717, 1.165) is 13.1 Å². The summed E-state index contributed by atoms with van der Waals surface area (Å²) in [6.45, 7) is 1.80. The fourth-order valence-corrected chi connectivity index (χ4v) is 2.21. The number of hydrogen-bond donors (Lipinski definition) is 1. The smallest absolute Gasteiger partial charge is 0.314 e. The Hall–Kier alpha value is -0.730.